The molecule has 2 heterocycles. The number of hydrogen-bond acceptors (Lipinski definition) is 3. The average Bonchev–Trinajstić information content (AvgIpc) is 2.86. The van der Waals surface area contributed by atoms with Gasteiger partial charge in [-0.15, -0.1) is 11.3 Å². The molecule has 1 aromatic rings. The number of hydrogen-bond donors (Lipinski definition) is 2. The highest BCUT2D eigenvalue weighted by Gasteiger charge is 2.35. The highest BCUT2D eigenvalue weighted by atomic mass is 32.1. The standard InChI is InChI=1S/C12H11F3N2O3S/c13-12(14,15)7-1-4-17(5-2-7)11(20)16-9-8(10(18)19)3-6-21-9/h1,3,6H,2,4-5H2,(H,16,20)(H,18,19). The molecule has 0 bridgehead atoms. The number of nitrogens with zero attached hydrogens (tertiary/aromatic N) is 1. The van der Waals surface area contributed by atoms with Crippen molar-refractivity contribution >= 4 is 28.3 Å². The van der Waals surface area contributed by atoms with Crippen LogP contribution in [-0.4, -0.2) is 41.3 Å². The first-order chi connectivity index (χ1) is 9.79. The number of carbonyl (C=O) groups excluding carboxylic acids is 1. The molecule has 0 fully saturated rings. The van der Waals surface area contributed by atoms with Crippen molar-refractivity contribution in [3.63, 3.8) is 0 Å². The smallest absolute Gasteiger partial charge is 0.412 e. The number of halogens is 3. The average molecular weight is 320 g/mol. The van der Waals surface area contributed by atoms with Gasteiger partial charge >= 0.3 is 18.2 Å². The van der Waals surface area contributed by atoms with Gasteiger partial charge in [-0.1, -0.05) is 6.08 Å². The molecule has 0 spiro atoms. The van der Waals surface area contributed by atoms with Gasteiger partial charge < -0.3 is 10.0 Å². The largest absolute Gasteiger partial charge is 0.478 e. The summed E-state index contributed by atoms with van der Waals surface area (Å²) in [5, 5.41) is 13.0. The van der Waals surface area contributed by atoms with Gasteiger partial charge in [-0.05, 0) is 17.9 Å². The van der Waals surface area contributed by atoms with E-state index in [0.717, 1.165) is 17.4 Å². The molecule has 0 radical (unpaired) electrons. The van der Waals surface area contributed by atoms with Crippen molar-refractivity contribution in [2.45, 2.75) is 12.6 Å². The van der Waals surface area contributed by atoms with Crippen LogP contribution in [0.15, 0.2) is 23.1 Å². The first-order valence-electron chi connectivity index (χ1n) is 5.92. The summed E-state index contributed by atoms with van der Waals surface area (Å²) in [4.78, 5) is 24.0. The minimum Gasteiger partial charge on any atom is -0.478 e. The molecule has 5 nitrogen and oxygen atoms in total. The predicted octanol–water partition coefficient (Wildman–Crippen LogP) is 3.17. The van der Waals surface area contributed by atoms with Crippen molar-refractivity contribution in [2.75, 3.05) is 18.4 Å². The number of carboxylic acids is 1. The summed E-state index contributed by atoms with van der Waals surface area (Å²) in [6, 6.07) is 0.734. The van der Waals surface area contributed by atoms with Gasteiger partial charge in [0.2, 0.25) is 0 Å². The Morgan fingerprint density at radius 3 is 2.62 bits per heavy atom. The molecule has 2 N–H and O–H groups in total. The second kappa shape index (κ2) is 5.76. The number of anilines is 1. The Labute approximate surface area is 121 Å². The van der Waals surface area contributed by atoms with Crippen LogP contribution in [0.4, 0.5) is 23.0 Å². The van der Waals surface area contributed by atoms with Crippen molar-refractivity contribution in [1.29, 1.82) is 0 Å². The van der Waals surface area contributed by atoms with Crippen molar-refractivity contribution in [3.8, 4) is 0 Å². The fourth-order valence-electron chi connectivity index (χ4n) is 1.86. The Morgan fingerprint density at radius 2 is 2.10 bits per heavy atom. The normalized spacial score (nSPS) is 15.6. The summed E-state index contributed by atoms with van der Waals surface area (Å²) in [7, 11) is 0. The van der Waals surface area contributed by atoms with E-state index >= 15 is 0 Å². The van der Waals surface area contributed by atoms with Crippen molar-refractivity contribution in [1.82, 2.24) is 4.90 Å². The summed E-state index contributed by atoms with van der Waals surface area (Å²) >= 11 is 1.04. The van der Waals surface area contributed by atoms with Crippen LogP contribution >= 0.6 is 11.3 Å². The third-order valence-electron chi connectivity index (χ3n) is 2.98. The molecule has 0 aliphatic carbocycles. The van der Waals surface area contributed by atoms with Crippen molar-refractivity contribution in [3.05, 3.63) is 28.7 Å². The topological polar surface area (TPSA) is 69.6 Å². The number of urea groups is 1. The SMILES string of the molecule is O=C(O)c1ccsc1NC(=O)N1CC=C(C(F)(F)F)CC1. The third-order valence-corrected chi connectivity index (χ3v) is 3.81. The molecule has 21 heavy (non-hydrogen) atoms. The molecule has 9 heteroatoms. The summed E-state index contributed by atoms with van der Waals surface area (Å²) < 4.78 is 37.4. The van der Waals surface area contributed by atoms with Gasteiger partial charge in [0.15, 0.2) is 0 Å². The fourth-order valence-corrected chi connectivity index (χ4v) is 2.63. The Bertz CT molecular complexity index is 595. The maximum Gasteiger partial charge on any atom is 0.412 e. The van der Waals surface area contributed by atoms with E-state index in [4.69, 9.17) is 5.11 Å². The van der Waals surface area contributed by atoms with Crippen LogP contribution in [0.2, 0.25) is 0 Å². The van der Waals surface area contributed by atoms with E-state index < -0.39 is 23.7 Å². The Kier molecular flexibility index (Phi) is 4.21. The quantitative estimate of drug-likeness (QED) is 0.822. The maximum atomic E-state index is 12.5. The zero-order valence-corrected chi connectivity index (χ0v) is 11.4. The molecular formula is C12H11F3N2O3S. The number of amides is 2. The van der Waals surface area contributed by atoms with Gasteiger partial charge in [-0.2, -0.15) is 13.2 Å². The predicted molar refractivity (Wildman–Crippen MR) is 70.6 cm³/mol. The van der Waals surface area contributed by atoms with Crippen molar-refractivity contribution < 1.29 is 27.9 Å². The van der Waals surface area contributed by atoms with E-state index in [9.17, 15) is 22.8 Å². The number of carbonyl (C=O) groups is 2. The minimum atomic E-state index is -4.37. The van der Waals surface area contributed by atoms with Crippen LogP contribution in [0, 0.1) is 0 Å². The lowest BCUT2D eigenvalue weighted by Gasteiger charge is -2.27. The third kappa shape index (κ3) is 3.54. The van der Waals surface area contributed by atoms with Crippen molar-refractivity contribution in [2.24, 2.45) is 0 Å². The summed E-state index contributed by atoms with van der Waals surface area (Å²) in [6.07, 6.45) is -3.67. The molecule has 2 amide bonds. The summed E-state index contributed by atoms with van der Waals surface area (Å²) in [5.74, 6) is -1.18. The van der Waals surface area contributed by atoms with Gasteiger partial charge in [0.1, 0.15) is 5.00 Å². The molecule has 1 aromatic heterocycles. The van der Waals surface area contributed by atoms with Crippen LogP contribution in [-0.2, 0) is 0 Å². The number of aromatic carboxylic acids is 1. The number of alkyl halides is 3. The molecular weight excluding hydrogens is 309 g/mol. The molecule has 2 rings (SSSR count). The van der Waals surface area contributed by atoms with E-state index in [0.29, 0.717) is 0 Å². The van der Waals surface area contributed by atoms with Crippen LogP contribution in [0.3, 0.4) is 0 Å². The molecule has 0 saturated heterocycles. The Hall–Kier alpha value is -2.03. The first kappa shape index (κ1) is 15.4. The van der Waals surface area contributed by atoms with Crippen LogP contribution < -0.4 is 5.32 Å². The Morgan fingerprint density at radius 1 is 1.38 bits per heavy atom. The maximum absolute atomic E-state index is 12.5. The fraction of sp³-hybridized carbons (Fsp3) is 0.333. The highest BCUT2D eigenvalue weighted by Crippen LogP contribution is 2.30. The molecule has 114 valence electrons. The second-order valence-electron chi connectivity index (χ2n) is 4.32. The lowest BCUT2D eigenvalue weighted by Crippen LogP contribution is -2.39. The van der Waals surface area contributed by atoms with Crippen LogP contribution in [0.5, 0.6) is 0 Å². The number of nitrogens with one attached hydrogen (secondary N) is 1. The zero-order valence-electron chi connectivity index (χ0n) is 10.6. The Balaban J connectivity index is 2.01. The molecule has 0 atom stereocenters. The zero-order chi connectivity index (χ0) is 15.6. The van der Waals surface area contributed by atoms with Gasteiger partial charge in [-0.3, -0.25) is 5.32 Å². The molecule has 0 aromatic carbocycles. The summed E-state index contributed by atoms with van der Waals surface area (Å²) in [5.41, 5.74) is -0.689. The lowest BCUT2D eigenvalue weighted by atomic mass is 10.1. The van der Waals surface area contributed by atoms with Crippen LogP contribution in [0.1, 0.15) is 16.8 Å². The molecule has 0 unspecified atom stereocenters. The number of rotatable bonds is 2. The lowest BCUT2D eigenvalue weighted by molar-refractivity contribution is -0.0956. The van der Waals surface area contributed by atoms with Gasteiger partial charge in [0.25, 0.3) is 0 Å². The second-order valence-corrected chi connectivity index (χ2v) is 5.24. The first-order valence-corrected chi connectivity index (χ1v) is 6.80. The molecule has 1 aliphatic heterocycles. The summed E-state index contributed by atoms with van der Waals surface area (Å²) in [6.45, 7) is -0.223. The highest BCUT2D eigenvalue weighted by molar-refractivity contribution is 7.14. The van der Waals surface area contributed by atoms with E-state index in [2.05, 4.69) is 5.32 Å². The molecule has 1 aliphatic rings. The van der Waals surface area contributed by atoms with E-state index in [1.54, 1.807) is 0 Å². The van der Waals surface area contributed by atoms with E-state index in [1.807, 2.05) is 0 Å². The molecule has 0 saturated carbocycles. The van der Waals surface area contributed by atoms with E-state index in [-0.39, 0.29) is 30.1 Å². The number of carboxylic acid groups (broad SMARTS) is 1. The number of thiophene rings is 1. The van der Waals surface area contributed by atoms with E-state index in [1.165, 1.54) is 16.3 Å². The van der Waals surface area contributed by atoms with Crippen LogP contribution in [0.25, 0.3) is 0 Å². The van der Waals surface area contributed by atoms with Gasteiger partial charge in [0.05, 0.1) is 5.56 Å². The van der Waals surface area contributed by atoms with Gasteiger partial charge in [0, 0.05) is 18.7 Å². The monoisotopic (exact) mass is 320 g/mol. The minimum absolute atomic E-state index is 0.0446. The van der Waals surface area contributed by atoms with Gasteiger partial charge in [-0.25, -0.2) is 9.59 Å².